The van der Waals surface area contributed by atoms with Crippen LogP contribution < -0.4 is 16.0 Å². The lowest BCUT2D eigenvalue weighted by atomic mass is 10.0. The van der Waals surface area contributed by atoms with Crippen LogP contribution in [0.2, 0.25) is 0 Å². The minimum Gasteiger partial charge on any atom is -0.384 e. The van der Waals surface area contributed by atoms with E-state index < -0.39 is 0 Å². The third-order valence-corrected chi connectivity index (χ3v) is 5.30. The van der Waals surface area contributed by atoms with Gasteiger partial charge in [-0.25, -0.2) is 4.98 Å². The molecule has 7 heteroatoms. The number of carbonyl (C=O) groups is 1. The first-order chi connectivity index (χ1) is 12.7. The van der Waals surface area contributed by atoms with Gasteiger partial charge in [0.15, 0.2) is 0 Å². The molecule has 1 saturated heterocycles. The largest absolute Gasteiger partial charge is 0.384 e. The number of H-pyrrole nitrogens is 1. The van der Waals surface area contributed by atoms with Crippen molar-refractivity contribution in [3.63, 3.8) is 0 Å². The molecule has 0 radical (unpaired) electrons. The molecule has 1 atom stereocenters. The highest BCUT2D eigenvalue weighted by atomic mass is 16.5. The molecule has 2 fully saturated rings. The number of hydrogen-bond acceptors (Lipinski definition) is 5. The van der Waals surface area contributed by atoms with E-state index in [-0.39, 0.29) is 11.9 Å². The number of aromatic amines is 1. The smallest absolute Gasteiger partial charge is 0.226 e. The molecule has 2 aromatic rings. The fourth-order valence-corrected chi connectivity index (χ4v) is 3.85. The van der Waals surface area contributed by atoms with E-state index in [0.29, 0.717) is 18.9 Å². The summed E-state index contributed by atoms with van der Waals surface area (Å²) in [5, 5.41) is 4.04. The molecule has 0 aromatic carbocycles. The maximum Gasteiger partial charge on any atom is 0.226 e. The lowest BCUT2D eigenvalue weighted by Gasteiger charge is -2.34. The number of piperidine rings is 1. The lowest BCUT2D eigenvalue weighted by molar-refractivity contribution is -0.117. The summed E-state index contributed by atoms with van der Waals surface area (Å²) in [4.78, 5) is 22.4. The Morgan fingerprint density at radius 1 is 1.46 bits per heavy atom. The van der Waals surface area contributed by atoms with Crippen LogP contribution in [0.15, 0.2) is 12.4 Å². The van der Waals surface area contributed by atoms with E-state index in [4.69, 9.17) is 10.5 Å². The summed E-state index contributed by atoms with van der Waals surface area (Å²) in [5.74, 6) is 0.526. The van der Waals surface area contributed by atoms with Crippen molar-refractivity contribution in [2.75, 3.05) is 37.0 Å². The first-order valence-corrected chi connectivity index (χ1v) is 9.46. The van der Waals surface area contributed by atoms with Crippen molar-refractivity contribution in [2.24, 2.45) is 5.73 Å². The van der Waals surface area contributed by atoms with Crippen LogP contribution in [0.1, 0.15) is 43.6 Å². The average Bonchev–Trinajstić information content (AvgIpc) is 3.41. The number of nitrogens with two attached hydrogens (primary N) is 1. The summed E-state index contributed by atoms with van der Waals surface area (Å²) in [6, 6.07) is 0.192. The van der Waals surface area contributed by atoms with Gasteiger partial charge in [0, 0.05) is 38.6 Å². The molecule has 4 N–H and O–H groups in total. The van der Waals surface area contributed by atoms with Crippen molar-refractivity contribution >= 4 is 28.3 Å². The van der Waals surface area contributed by atoms with E-state index in [0.717, 1.165) is 42.7 Å². The summed E-state index contributed by atoms with van der Waals surface area (Å²) >= 11 is 0. The molecule has 7 nitrogen and oxygen atoms in total. The van der Waals surface area contributed by atoms with Crippen LogP contribution in [0.5, 0.6) is 0 Å². The van der Waals surface area contributed by atoms with Gasteiger partial charge in [-0.1, -0.05) is 0 Å². The number of ether oxygens (including phenoxy) is 1. The van der Waals surface area contributed by atoms with E-state index in [2.05, 4.69) is 20.2 Å². The number of methoxy groups -OCH3 is 1. The fraction of sp³-hybridized carbons (Fsp3) is 0.579. The number of carbonyl (C=O) groups excluding carboxylic acids is 1. The molecule has 2 aliphatic rings. The maximum atomic E-state index is 12.2. The number of anilines is 2. The minimum atomic E-state index is -0.0501. The van der Waals surface area contributed by atoms with Crippen molar-refractivity contribution < 1.29 is 9.53 Å². The molecule has 26 heavy (non-hydrogen) atoms. The molecule has 4 rings (SSSR count). The van der Waals surface area contributed by atoms with Crippen molar-refractivity contribution in [1.29, 1.82) is 0 Å². The first kappa shape index (κ1) is 17.3. The van der Waals surface area contributed by atoms with Crippen molar-refractivity contribution in [3.05, 3.63) is 18.0 Å². The number of pyridine rings is 1. The van der Waals surface area contributed by atoms with Gasteiger partial charge in [-0.3, -0.25) is 4.79 Å². The first-order valence-electron chi connectivity index (χ1n) is 9.46. The molecule has 0 bridgehead atoms. The second-order valence-electron chi connectivity index (χ2n) is 7.40. The fourth-order valence-electron chi connectivity index (χ4n) is 3.85. The maximum absolute atomic E-state index is 12.2. The zero-order valence-corrected chi connectivity index (χ0v) is 15.3. The van der Waals surface area contributed by atoms with Crippen LogP contribution in [0.25, 0.3) is 11.0 Å². The number of nitrogens with zero attached hydrogens (tertiary/aromatic N) is 2. The quantitative estimate of drug-likeness (QED) is 0.737. The molecule has 140 valence electrons. The predicted octanol–water partition coefficient (Wildman–Crippen LogP) is 2.34. The second-order valence-corrected chi connectivity index (χ2v) is 7.40. The summed E-state index contributed by atoms with van der Waals surface area (Å²) in [7, 11) is 1.60. The molecule has 1 aliphatic heterocycles. The van der Waals surface area contributed by atoms with E-state index in [1.807, 2.05) is 12.4 Å². The zero-order valence-electron chi connectivity index (χ0n) is 15.3. The highest BCUT2D eigenvalue weighted by Crippen LogP contribution is 2.48. The number of aromatic nitrogens is 2. The summed E-state index contributed by atoms with van der Waals surface area (Å²) < 4.78 is 5.01. The average molecular weight is 357 g/mol. The molecule has 1 amide bonds. The summed E-state index contributed by atoms with van der Waals surface area (Å²) in [6.07, 6.45) is 8.75. The van der Waals surface area contributed by atoms with Crippen LogP contribution >= 0.6 is 0 Å². The number of hydrogen-bond donors (Lipinski definition) is 3. The Bertz CT molecular complexity index is 799. The van der Waals surface area contributed by atoms with Gasteiger partial charge in [-0.05, 0) is 37.2 Å². The monoisotopic (exact) mass is 357 g/mol. The van der Waals surface area contributed by atoms with E-state index >= 15 is 0 Å². The zero-order chi connectivity index (χ0) is 18.1. The number of nitrogens with one attached hydrogen (secondary N) is 2. The molecule has 2 aromatic heterocycles. The van der Waals surface area contributed by atoms with Gasteiger partial charge in [0.1, 0.15) is 5.65 Å². The SMILES string of the molecule is COCCC(=O)Nc1c[nH]c2ncc(C3CC3)c(N3CCC[C@@H](N)C3)c12. The van der Waals surface area contributed by atoms with Gasteiger partial charge >= 0.3 is 0 Å². The Balaban J connectivity index is 1.74. The number of fused-ring (bicyclic) bond motifs is 1. The van der Waals surface area contributed by atoms with Crippen LogP contribution in [0.4, 0.5) is 11.4 Å². The van der Waals surface area contributed by atoms with Crippen molar-refractivity contribution in [2.45, 2.75) is 44.1 Å². The topological polar surface area (TPSA) is 96.3 Å². The summed E-state index contributed by atoms with van der Waals surface area (Å²) in [5.41, 5.74) is 10.4. The normalized spacial score (nSPS) is 20.5. The van der Waals surface area contributed by atoms with Gasteiger partial charge in [-0.2, -0.15) is 0 Å². The van der Waals surface area contributed by atoms with E-state index in [1.165, 1.54) is 24.1 Å². The Morgan fingerprint density at radius 3 is 3.04 bits per heavy atom. The van der Waals surface area contributed by atoms with Gasteiger partial charge in [-0.15, -0.1) is 0 Å². The number of amides is 1. The summed E-state index contributed by atoms with van der Waals surface area (Å²) in [6.45, 7) is 2.25. The van der Waals surface area contributed by atoms with Gasteiger partial charge in [0.05, 0.1) is 29.8 Å². The lowest BCUT2D eigenvalue weighted by Crippen LogP contribution is -2.43. The Kier molecular flexibility index (Phi) is 4.82. The Hall–Kier alpha value is -2.12. The van der Waals surface area contributed by atoms with Crippen LogP contribution in [-0.4, -0.2) is 48.7 Å². The molecular formula is C19H27N5O2. The predicted molar refractivity (Wildman–Crippen MR) is 103 cm³/mol. The molecule has 1 saturated carbocycles. The van der Waals surface area contributed by atoms with E-state index in [9.17, 15) is 4.79 Å². The Labute approximate surface area is 153 Å². The minimum absolute atomic E-state index is 0.0501. The highest BCUT2D eigenvalue weighted by Gasteiger charge is 2.32. The third kappa shape index (κ3) is 3.41. The number of rotatable bonds is 6. The van der Waals surface area contributed by atoms with Gasteiger partial charge in [0.25, 0.3) is 0 Å². The van der Waals surface area contributed by atoms with Gasteiger partial charge < -0.3 is 25.7 Å². The van der Waals surface area contributed by atoms with E-state index in [1.54, 1.807) is 7.11 Å². The molecular weight excluding hydrogens is 330 g/mol. The standard InChI is InChI=1S/C19H27N5O2/c1-26-8-6-16(25)23-15-10-22-19-17(15)18(14(9-21-19)12-4-5-12)24-7-2-3-13(20)11-24/h9-10,12-13H,2-8,11,20H2,1H3,(H,21,22)(H,23,25)/t13-/m1/s1. The molecule has 0 unspecified atom stereocenters. The van der Waals surface area contributed by atoms with Crippen molar-refractivity contribution in [1.82, 2.24) is 9.97 Å². The van der Waals surface area contributed by atoms with Crippen molar-refractivity contribution in [3.8, 4) is 0 Å². The van der Waals surface area contributed by atoms with Crippen LogP contribution in [-0.2, 0) is 9.53 Å². The van der Waals surface area contributed by atoms with Crippen LogP contribution in [0.3, 0.4) is 0 Å². The molecule has 0 spiro atoms. The van der Waals surface area contributed by atoms with Crippen LogP contribution in [0, 0.1) is 0 Å². The third-order valence-electron chi connectivity index (χ3n) is 5.30. The Morgan fingerprint density at radius 2 is 2.31 bits per heavy atom. The highest BCUT2D eigenvalue weighted by molar-refractivity contribution is 6.07. The molecule has 1 aliphatic carbocycles. The molecule has 3 heterocycles. The van der Waals surface area contributed by atoms with Gasteiger partial charge in [0.2, 0.25) is 5.91 Å². The second kappa shape index (κ2) is 7.25.